The molecule has 1 unspecified atom stereocenters. The molecule has 0 fully saturated rings. The van der Waals surface area contributed by atoms with E-state index >= 15 is 0 Å². The number of halogens is 1. The van der Waals surface area contributed by atoms with Crippen LogP contribution in [0.1, 0.15) is 34.1 Å². The van der Waals surface area contributed by atoms with Crippen LogP contribution in [-0.4, -0.2) is 23.4 Å². The Kier molecular flexibility index (Phi) is 6.26. The van der Waals surface area contributed by atoms with Crippen molar-refractivity contribution >= 4 is 30.1 Å². The first-order valence-corrected chi connectivity index (χ1v) is 9.15. The highest BCUT2D eigenvalue weighted by atomic mass is 35.5. The fraction of sp³-hybridized carbons (Fsp3) is 0.333. The number of aryl methyl sites for hydroxylation is 1. The SMILES string of the molecule is CSc1cc(C)[nH]c(=O)c1CNC(=O)c1ccc2c(c1C)OC(C)O2.Cl. The molecule has 26 heavy (non-hydrogen) atoms. The standard InChI is InChI=1S/C18H20N2O4S.ClH/c1-9-7-15(25-4)13(18(22)20-9)8-19-17(21)12-5-6-14-16(10(12)2)24-11(3)23-14;/h5-7,11H,8H2,1-4H3,(H,19,21)(H,20,22);1H. The van der Waals surface area contributed by atoms with Crippen molar-refractivity contribution in [3.8, 4) is 11.5 Å². The van der Waals surface area contributed by atoms with Gasteiger partial charge in [0.1, 0.15) is 0 Å². The largest absolute Gasteiger partial charge is 0.451 e. The second kappa shape index (κ2) is 8.05. The molecule has 140 valence electrons. The van der Waals surface area contributed by atoms with Gasteiger partial charge in [0.25, 0.3) is 11.5 Å². The summed E-state index contributed by atoms with van der Waals surface area (Å²) < 4.78 is 11.1. The van der Waals surface area contributed by atoms with Crippen molar-refractivity contribution in [2.24, 2.45) is 0 Å². The number of H-pyrrole nitrogens is 1. The Morgan fingerprint density at radius 1 is 1.31 bits per heavy atom. The molecule has 1 amide bonds. The Morgan fingerprint density at radius 2 is 2.04 bits per heavy atom. The summed E-state index contributed by atoms with van der Waals surface area (Å²) in [5, 5.41) is 2.82. The number of nitrogens with one attached hydrogen (secondary N) is 2. The lowest BCUT2D eigenvalue weighted by molar-refractivity contribution is 0.0674. The number of amides is 1. The lowest BCUT2D eigenvalue weighted by Crippen LogP contribution is -2.28. The number of rotatable bonds is 4. The lowest BCUT2D eigenvalue weighted by atomic mass is 10.1. The zero-order valence-corrected chi connectivity index (χ0v) is 16.6. The van der Waals surface area contributed by atoms with Gasteiger partial charge in [-0.25, -0.2) is 0 Å². The number of aromatic nitrogens is 1. The predicted octanol–water partition coefficient (Wildman–Crippen LogP) is 3.18. The third kappa shape index (κ3) is 3.83. The Labute approximate surface area is 162 Å². The van der Waals surface area contributed by atoms with Gasteiger partial charge in [-0.15, -0.1) is 24.2 Å². The van der Waals surface area contributed by atoms with E-state index in [0.29, 0.717) is 22.6 Å². The number of pyridine rings is 1. The fourth-order valence-electron chi connectivity index (χ4n) is 2.82. The predicted molar refractivity (Wildman–Crippen MR) is 104 cm³/mol. The summed E-state index contributed by atoms with van der Waals surface area (Å²) in [6.45, 7) is 5.61. The molecule has 1 aliphatic rings. The zero-order chi connectivity index (χ0) is 18.1. The minimum absolute atomic E-state index is 0. The molecular formula is C18H21ClN2O4S. The van der Waals surface area contributed by atoms with Crippen LogP contribution in [0.15, 0.2) is 27.9 Å². The zero-order valence-electron chi connectivity index (χ0n) is 15.0. The van der Waals surface area contributed by atoms with Gasteiger partial charge < -0.3 is 19.8 Å². The van der Waals surface area contributed by atoms with Crippen LogP contribution >= 0.6 is 24.2 Å². The molecule has 0 spiro atoms. The van der Waals surface area contributed by atoms with Crippen LogP contribution in [-0.2, 0) is 6.54 Å². The number of aromatic amines is 1. The lowest BCUT2D eigenvalue weighted by Gasteiger charge is -2.11. The van der Waals surface area contributed by atoms with Gasteiger partial charge in [0.05, 0.1) is 0 Å². The molecule has 2 aromatic rings. The maximum Gasteiger partial charge on any atom is 0.254 e. The van der Waals surface area contributed by atoms with Crippen LogP contribution in [0.4, 0.5) is 0 Å². The summed E-state index contributed by atoms with van der Waals surface area (Å²) in [6.07, 6.45) is 1.55. The van der Waals surface area contributed by atoms with Crippen LogP contribution in [0.25, 0.3) is 0 Å². The van der Waals surface area contributed by atoms with E-state index in [-0.39, 0.29) is 36.7 Å². The second-order valence-corrected chi connectivity index (χ2v) is 6.73. The number of carbonyl (C=O) groups excluding carboxylic acids is 1. The Morgan fingerprint density at radius 3 is 2.73 bits per heavy atom. The summed E-state index contributed by atoms with van der Waals surface area (Å²) in [5.41, 5.74) is 2.40. The average Bonchev–Trinajstić information content (AvgIpc) is 2.94. The molecule has 3 rings (SSSR count). The summed E-state index contributed by atoms with van der Waals surface area (Å²) >= 11 is 1.48. The molecular weight excluding hydrogens is 376 g/mol. The van der Waals surface area contributed by atoms with Gasteiger partial charge >= 0.3 is 0 Å². The van der Waals surface area contributed by atoms with Crippen LogP contribution in [0.5, 0.6) is 11.5 Å². The smallest absolute Gasteiger partial charge is 0.254 e. The van der Waals surface area contributed by atoms with E-state index in [1.807, 2.05) is 26.2 Å². The van der Waals surface area contributed by atoms with Crippen LogP contribution in [0, 0.1) is 13.8 Å². The first-order chi connectivity index (χ1) is 11.9. The molecule has 1 aromatic carbocycles. The molecule has 8 heteroatoms. The highest BCUT2D eigenvalue weighted by Gasteiger charge is 2.25. The summed E-state index contributed by atoms with van der Waals surface area (Å²) in [4.78, 5) is 28.4. The number of carbonyl (C=O) groups is 1. The normalized spacial score (nSPS) is 14.7. The van der Waals surface area contributed by atoms with Gasteiger partial charge in [-0.3, -0.25) is 9.59 Å². The maximum atomic E-state index is 12.6. The fourth-order valence-corrected chi connectivity index (χ4v) is 3.53. The number of thioether (sulfide) groups is 1. The molecule has 0 saturated carbocycles. The van der Waals surface area contributed by atoms with Gasteiger partial charge in [0, 0.05) is 40.7 Å². The van der Waals surface area contributed by atoms with Crippen molar-refractivity contribution in [2.45, 2.75) is 38.5 Å². The van der Waals surface area contributed by atoms with E-state index in [1.54, 1.807) is 19.1 Å². The van der Waals surface area contributed by atoms with Crippen molar-refractivity contribution in [3.63, 3.8) is 0 Å². The molecule has 0 bridgehead atoms. The number of hydrogen-bond acceptors (Lipinski definition) is 5. The minimum atomic E-state index is -0.359. The van der Waals surface area contributed by atoms with Crippen molar-refractivity contribution in [1.29, 1.82) is 0 Å². The monoisotopic (exact) mass is 396 g/mol. The van der Waals surface area contributed by atoms with Gasteiger partial charge in [0.15, 0.2) is 11.5 Å². The van der Waals surface area contributed by atoms with Crippen molar-refractivity contribution in [2.75, 3.05) is 6.26 Å². The van der Waals surface area contributed by atoms with Crippen molar-refractivity contribution in [3.05, 3.63) is 50.9 Å². The molecule has 1 atom stereocenters. The maximum absolute atomic E-state index is 12.6. The minimum Gasteiger partial charge on any atom is -0.451 e. The number of fused-ring (bicyclic) bond motifs is 1. The van der Waals surface area contributed by atoms with Gasteiger partial charge in [-0.1, -0.05) is 0 Å². The summed E-state index contributed by atoms with van der Waals surface area (Å²) in [7, 11) is 0. The highest BCUT2D eigenvalue weighted by Crippen LogP contribution is 2.39. The first kappa shape index (κ1) is 20.2. The van der Waals surface area contributed by atoms with Crippen LogP contribution in [0.2, 0.25) is 0 Å². The number of ether oxygens (including phenoxy) is 2. The number of benzene rings is 1. The molecule has 1 aliphatic heterocycles. The molecule has 0 saturated heterocycles. The van der Waals surface area contributed by atoms with E-state index in [4.69, 9.17) is 9.47 Å². The van der Waals surface area contributed by atoms with Gasteiger partial charge in [-0.05, 0) is 38.3 Å². The van der Waals surface area contributed by atoms with Gasteiger partial charge in [-0.2, -0.15) is 0 Å². The van der Waals surface area contributed by atoms with Crippen molar-refractivity contribution in [1.82, 2.24) is 10.3 Å². The molecule has 2 heterocycles. The molecule has 6 nitrogen and oxygen atoms in total. The molecule has 1 aromatic heterocycles. The first-order valence-electron chi connectivity index (χ1n) is 7.92. The summed E-state index contributed by atoms with van der Waals surface area (Å²) in [5.74, 6) is 0.981. The molecule has 0 radical (unpaired) electrons. The quantitative estimate of drug-likeness (QED) is 0.776. The van der Waals surface area contributed by atoms with E-state index in [1.165, 1.54) is 11.8 Å². The third-order valence-electron chi connectivity index (χ3n) is 4.07. The Hall–Kier alpha value is -2.12. The topological polar surface area (TPSA) is 80.4 Å². The van der Waals surface area contributed by atoms with Crippen LogP contribution < -0.4 is 20.3 Å². The van der Waals surface area contributed by atoms with Crippen LogP contribution in [0.3, 0.4) is 0 Å². The third-order valence-corrected chi connectivity index (χ3v) is 4.87. The number of hydrogen-bond donors (Lipinski definition) is 2. The van der Waals surface area contributed by atoms with Gasteiger partial charge in [0.2, 0.25) is 6.29 Å². The molecule has 2 N–H and O–H groups in total. The molecule has 0 aliphatic carbocycles. The summed E-state index contributed by atoms with van der Waals surface area (Å²) in [6, 6.07) is 5.34. The van der Waals surface area contributed by atoms with E-state index in [2.05, 4.69) is 10.3 Å². The van der Waals surface area contributed by atoms with E-state index in [9.17, 15) is 9.59 Å². The highest BCUT2D eigenvalue weighted by molar-refractivity contribution is 7.98. The Bertz CT molecular complexity index is 897. The van der Waals surface area contributed by atoms with E-state index in [0.717, 1.165) is 16.2 Å². The van der Waals surface area contributed by atoms with Crippen molar-refractivity contribution < 1.29 is 14.3 Å². The average molecular weight is 397 g/mol. The van der Waals surface area contributed by atoms with E-state index < -0.39 is 0 Å². The Balaban J connectivity index is 0.00000243. The second-order valence-electron chi connectivity index (χ2n) is 5.88.